The predicted octanol–water partition coefficient (Wildman–Crippen LogP) is 2.47. The highest BCUT2D eigenvalue weighted by Gasteiger charge is 2.44. The van der Waals surface area contributed by atoms with Crippen molar-refractivity contribution in [2.75, 3.05) is 20.2 Å². The molecule has 1 saturated heterocycles. The number of aryl methyl sites for hydroxylation is 2. The van der Waals surface area contributed by atoms with Crippen LogP contribution in [0.2, 0.25) is 0 Å². The van der Waals surface area contributed by atoms with Gasteiger partial charge in [0.1, 0.15) is 35.9 Å². The molecule has 1 aliphatic rings. The zero-order chi connectivity index (χ0) is 25.7. The largest absolute Gasteiger partial charge is 0.496 e. The van der Waals surface area contributed by atoms with Crippen molar-refractivity contribution in [1.29, 1.82) is 0 Å². The molecule has 10 heteroatoms. The van der Waals surface area contributed by atoms with E-state index >= 15 is 0 Å². The van der Waals surface area contributed by atoms with Gasteiger partial charge in [0.15, 0.2) is 11.9 Å². The van der Waals surface area contributed by atoms with Crippen molar-refractivity contribution in [1.82, 2.24) is 29.4 Å². The number of benzene rings is 2. The summed E-state index contributed by atoms with van der Waals surface area (Å²) in [4.78, 5) is 12.8. The van der Waals surface area contributed by atoms with Crippen LogP contribution in [0.3, 0.4) is 0 Å². The van der Waals surface area contributed by atoms with Crippen LogP contribution in [0.25, 0.3) is 33.0 Å². The molecule has 3 N–H and O–H groups in total. The lowest BCUT2D eigenvalue weighted by molar-refractivity contribution is -0.0341. The molecule has 0 radical (unpaired) electrons. The van der Waals surface area contributed by atoms with Crippen LogP contribution in [-0.4, -0.2) is 72.8 Å². The summed E-state index contributed by atoms with van der Waals surface area (Å²) in [6.07, 6.45) is -0.486. The van der Waals surface area contributed by atoms with E-state index in [0.717, 1.165) is 33.2 Å². The molecule has 0 spiro atoms. The second kappa shape index (κ2) is 9.38. The van der Waals surface area contributed by atoms with Gasteiger partial charge in [-0.25, -0.2) is 15.0 Å². The Kier molecular flexibility index (Phi) is 6.04. The highest BCUT2D eigenvalue weighted by molar-refractivity contribution is 6.11. The summed E-state index contributed by atoms with van der Waals surface area (Å²) in [5, 5.41) is 27.1. The maximum atomic E-state index is 10.7. The Morgan fingerprint density at radius 3 is 2.76 bits per heavy atom. The quantitative estimate of drug-likeness (QED) is 0.291. The number of ether oxygens (including phenoxy) is 2. The SMILES string of the molecule is COc1cccc2c1c1ccc(C)cc1n2CCNCC1OC(n2cnc3c(C)ncnc32)C(O)C1O. The fraction of sp³-hybridized carbons (Fsp3) is 0.370. The number of aliphatic hydroxyl groups excluding tert-OH is 2. The van der Waals surface area contributed by atoms with E-state index in [9.17, 15) is 10.2 Å². The molecule has 37 heavy (non-hydrogen) atoms. The highest BCUT2D eigenvalue weighted by atomic mass is 16.6. The third-order valence-corrected chi connectivity index (χ3v) is 7.24. The van der Waals surface area contributed by atoms with Crippen molar-refractivity contribution < 1.29 is 19.7 Å². The van der Waals surface area contributed by atoms with Gasteiger partial charge in [0.2, 0.25) is 0 Å². The van der Waals surface area contributed by atoms with Crippen LogP contribution >= 0.6 is 0 Å². The van der Waals surface area contributed by atoms with Gasteiger partial charge in [0.25, 0.3) is 0 Å². The van der Waals surface area contributed by atoms with Crippen molar-refractivity contribution in [3.05, 3.63) is 60.3 Å². The van der Waals surface area contributed by atoms with E-state index in [1.54, 1.807) is 18.0 Å². The standard InChI is InChI=1S/C27H30N6O4/c1-15-7-8-17-19(11-15)32(18-5-4-6-20(36-3)22(17)18)10-9-28-12-21-24(34)25(35)27(37-21)33-14-31-23-16(2)29-13-30-26(23)33/h4-8,11,13-14,21,24-25,27-28,34-35H,9-10,12H2,1-3H3. The fourth-order valence-corrected chi connectivity index (χ4v) is 5.35. The number of hydrogen-bond acceptors (Lipinski definition) is 8. The molecular formula is C27H30N6O4. The summed E-state index contributed by atoms with van der Waals surface area (Å²) in [5.41, 5.74) is 5.41. The zero-order valence-electron chi connectivity index (χ0n) is 21.0. The predicted molar refractivity (Wildman–Crippen MR) is 140 cm³/mol. The van der Waals surface area contributed by atoms with E-state index in [-0.39, 0.29) is 0 Å². The van der Waals surface area contributed by atoms with Crippen molar-refractivity contribution in [2.45, 2.75) is 44.9 Å². The van der Waals surface area contributed by atoms with E-state index in [4.69, 9.17) is 9.47 Å². The Bertz CT molecular complexity index is 1590. The highest BCUT2D eigenvalue weighted by Crippen LogP contribution is 2.36. The van der Waals surface area contributed by atoms with E-state index in [0.29, 0.717) is 30.8 Å². The van der Waals surface area contributed by atoms with Crippen LogP contribution in [0, 0.1) is 13.8 Å². The third kappa shape index (κ3) is 3.93. The van der Waals surface area contributed by atoms with E-state index < -0.39 is 24.5 Å². The van der Waals surface area contributed by atoms with Crippen LogP contribution in [0.4, 0.5) is 0 Å². The minimum absolute atomic E-state index is 0.384. The number of rotatable bonds is 7. The van der Waals surface area contributed by atoms with Gasteiger partial charge in [-0.2, -0.15) is 0 Å². The monoisotopic (exact) mass is 502 g/mol. The lowest BCUT2D eigenvalue weighted by Crippen LogP contribution is -2.38. The van der Waals surface area contributed by atoms with Gasteiger partial charge in [-0.05, 0) is 37.6 Å². The molecule has 4 heterocycles. The number of hydrogen-bond donors (Lipinski definition) is 3. The average Bonchev–Trinajstić information content (AvgIpc) is 3.55. The zero-order valence-corrected chi connectivity index (χ0v) is 21.0. The summed E-state index contributed by atoms with van der Waals surface area (Å²) in [6, 6.07) is 12.6. The summed E-state index contributed by atoms with van der Waals surface area (Å²) in [7, 11) is 1.70. The molecule has 2 aromatic carbocycles. The van der Waals surface area contributed by atoms with E-state index in [1.165, 1.54) is 11.9 Å². The summed E-state index contributed by atoms with van der Waals surface area (Å²) < 4.78 is 15.7. The second-order valence-electron chi connectivity index (χ2n) is 9.56. The first-order valence-electron chi connectivity index (χ1n) is 12.4. The Labute approximate surface area is 213 Å². The number of aliphatic hydroxyl groups is 2. The summed E-state index contributed by atoms with van der Waals surface area (Å²) in [6.45, 7) is 5.69. The molecule has 10 nitrogen and oxygen atoms in total. The van der Waals surface area contributed by atoms with Crippen molar-refractivity contribution in [3.63, 3.8) is 0 Å². The first-order valence-corrected chi connectivity index (χ1v) is 12.4. The van der Waals surface area contributed by atoms with E-state index in [1.807, 2.05) is 19.1 Å². The minimum atomic E-state index is -1.10. The molecule has 4 unspecified atom stereocenters. The molecule has 0 amide bonds. The Hall–Kier alpha value is -3.57. The lowest BCUT2D eigenvalue weighted by atomic mass is 10.1. The number of nitrogens with zero attached hydrogens (tertiary/aromatic N) is 5. The van der Waals surface area contributed by atoms with Gasteiger partial charge in [-0.15, -0.1) is 0 Å². The lowest BCUT2D eigenvalue weighted by Gasteiger charge is -2.17. The second-order valence-corrected chi connectivity index (χ2v) is 9.56. The van der Waals surface area contributed by atoms with Crippen LogP contribution in [-0.2, 0) is 11.3 Å². The molecule has 0 saturated carbocycles. The topological polar surface area (TPSA) is 119 Å². The van der Waals surface area contributed by atoms with Gasteiger partial charge >= 0.3 is 0 Å². The van der Waals surface area contributed by atoms with Crippen molar-refractivity contribution in [3.8, 4) is 5.75 Å². The Morgan fingerprint density at radius 1 is 1.05 bits per heavy atom. The molecule has 1 aliphatic heterocycles. The summed E-state index contributed by atoms with van der Waals surface area (Å²) in [5.74, 6) is 0.855. The van der Waals surface area contributed by atoms with Crippen LogP contribution < -0.4 is 10.1 Å². The van der Waals surface area contributed by atoms with Gasteiger partial charge in [-0.1, -0.05) is 18.2 Å². The van der Waals surface area contributed by atoms with Crippen molar-refractivity contribution >= 4 is 33.0 Å². The molecule has 5 aromatic rings. The molecule has 6 rings (SSSR count). The average molecular weight is 503 g/mol. The number of aromatic nitrogens is 5. The third-order valence-electron chi connectivity index (χ3n) is 7.24. The van der Waals surface area contributed by atoms with Gasteiger partial charge in [0.05, 0.1) is 24.6 Å². The maximum Gasteiger partial charge on any atom is 0.165 e. The fourth-order valence-electron chi connectivity index (χ4n) is 5.35. The molecular weight excluding hydrogens is 472 g/mol. The van der Waals surface area contributed by atoms with Crippen LogP contribution in [0.5, 0.6) is 5.75 Å². The summed E-state index contributed by atoms with van der Waals surface area (Å²) >= 11 is 0. The van der Waals surface area contributed by atoms with Gasteiger partial charge in [0, 0.05) is 35.9 Å². The van der Waals surface area contributed by atoms with Crippen LogP contribution in [0.15, 0.2) is 49.1 Å². The number of nitrogens with one attached hydrogen (secondary N) is 1. The first kappa shape index (κ1) is 23.8. The first-order chi connectivity index (χ1) is 18.0. The number of fused-ring (bicyclic) bond motifs is 4. The molecule has 4 atom stereocenters. The number of methoxy groups -OCH3 is 1. The van der Waals surface area contributed by atoms with E-state index in [2.05, 4.69) is 56.0 Å². The normalized spacial score (nSPS) is 22.0. The minimum Gasteiger partial charge on any atom is -0.496 e. The molecule has 0 bridgehead atoms. The van der Waals surface area contributed by atoms with Crippen molar-refractivity contribution in [2.24, 2.45) is 0 Å². The van der Waals surface area contributed by atoms with Crippen LogP contribution in [0.1, 0.15) is 17.5 Å². The Balaban J connectivity index is 1.18. The molecule has 1 fully saturated rings. The smallest absolute Gasteiger partial charge is 0.165 e. The Morgan fingerprint density at radius 2 is 1.92 bits per heavy atom. The molecule has 3 aromatic heterocycles. The molecule has 192 valence electrons. The van der Waals surface area contributed by atoms with Gasteiger partial charge in [-0.3, -0.25) is 4.57 Å². The molecule has 0 aliphatic carbocycles. The van der Waals surface area contributed by atoms with Gasteiger partial charge < -0.3 is 29.6 Å². The number of imidazole rings is 1. The maximum absolute atomic E-state index is 10.7.